The first-order chi connectivity index (χ1) is 17.8. The molecule has 37 heavy (non-hydrogen) atoms. The number of para-hydroxylation sites is 1. The first-order valence-corrected chi connectivity index (χ1v) is 13.7. The van der Waals surface area contributed by atoms with Gasteiger partial charge in [0.25, 0.3) is 16.0 Å². The Balaban J connectivity index is 0.000000215. The molecule has 2 bridgehead atoms. The van der Waals surface area contributed by atoms with Gasteiger partial charge in [-0.05, 0) is 75.2 Å². The van der Waals surface area contributed by atoms with Crippen LogP contribution >= 0.6 is 0 Å². The number of hydrogen-bond acceptors (Lipinski definition) is 6. The van der Waals surface area contributed by atoms with Crippen LogP contribution in [0.2, 0.25) is 0 Å². The van der Waals surface area contributed by atoms with Gasteiger partial charge in [-0.1, -0.05) is 35.9 Å². The molecule has 192 valence electrons. The number of aryl methyl sites for hydroxylation is 1. The van der Waals surface area contributed by atoms with E-state index in [-0.39, 0.29) is 16.8 Å². The molecule has 3 saturated heterocycles. The molecule has 2 aromatic heterocycles. The van der Waals surface area contributed by atoms with Gasteiger partial charge in [-0.2, -0.15) is 8.42 Å². The Bertz CT molecular complexity index is 1510. The van der Waals surface area contributed by atoms with Crippen molar-refractivity contribution in [1.29, 1.82) is 0 Å². The molecular formula is C28H29N3O5S. The summed E-state index contributed by atoms with van der Waals surface area (Å²) in [7, 11) is -4.02. The van der Waals surface area contributed by atoms with Crippen molar-refractivity contribution in [3.05, 3.63) is 84.3 Å². The largest absolute Gasteiger partial charge is 0.451 e. The molecule has 1 atom stereocenters. The van der Waals surface area contributed by atoms with Crippen LogP contribution in [-0.2, 0) is 10.1 Å². The lowest BCUT2D eigenvalue weighted by Crippen LogP contribution is -2.57. The third-order valence-corrected chi connectivity index (χ3v) is 7.86. The minimum absolute atomic E-state index is 0.0666. The summed E-state index contributed by atoms with van der Waals surface area (Å²) in [6.07, 6.45) is 4.14. The van der Waals surface area contributed by atoms with Crippen LogP contribution < -0.4 is 5.32 Å². The lowest BCUT2D eigenvalue weighted by atomic mass is 9.84. The number of amides is 1. The van der Waals surface area contributed by atoms with E-state index in [1.54, 1.807) is 24.4 Å². The highest BCUT2D eigenvalue weighted by Crippen LogP contribution is 2.28. The SMILES string of the molecule is Cc1ccc(S(=O)(=O)O)cc1.O=C(N[C@H]1CN2CCC1CC2)c1ccc(-c2cnc3ccccc3c2)o1. The molecule has 0 unspecified atom stereocenters. The number of hydrogen-bond donors (Lipinski definition) is 2. The van der Waals surface area contributed by atoms with Crippen LogP contribution in [0.4, 0.5) is 0 Å². The summed E-state index contributed by atoms with van der Waals surface area (Å²) in [4.78, 5) is 19.4. The number of benzene rings is 2. The molecule has 8 nitrogen and oxygen atoms in total. The zero-order valence-corrected chi connectivity index (χ0v) is 21.3. The van der Waals surface area contributed by atoms with Crippen LogP contribution in [0, 0.1) is 12.8 Å². The van der Waals surface area contributed by atoms with Crippen molar-refractivity contribution in [2.24, 2.45) is 5.92 Å². The second-order valence-electron chi connectivity index (χ2n) is 9.59. The smallest absolute Gasteiger partial charge is 0.294 e. The highest BCUT2D eigenvalue weighted by molar-refractivity contribution is 7.85. The van der Waals surface area contributed by atoms with Crippen LogP contribution in [0.3, 0.4) is 0 Å². The van der Waals surface area contributed by atoms with E-state index in [4.69, 9.17) is 8.97 Å². The van der Waals surface area contributed by atoms with Gasteiger partial charge >= 0.3 is 0 Å². The van der Waals surface area contributed by atoms with Crippen molar-refractivity contribution in [3.63, 3.8) is 0 Å². The van der Waals surface area contributed by atoms with E-state index in [1.807, 2.05) is 43.3 Å². The number of rotatable bonds is 4. The molecule has 3 aliphatic rings. The Hall–Kier alpha value is -3.53. The number of furan rings is 1. The van der Waals surface area contributed by atoms with E-state index < -0.39 is 10.1 Å². The van der Waals surface area contributed by atoms with Crippen LogP contribution in [-0.4, -0.2) is 54.4 Å². The van der Waals surface area contributed by atoms with Crippen LogP contribution in [0.1, 0.15) is 29.0 Å². The summed E-state index contributed by atoms with van der Waals surface area (Å²) in [6.45, 7) is 5.13. The van der Waals surface area contributed by atoms with Crippen LogP contribution in [0.25, 0.3) is 22.2 Å². The van der Waals surface area contributed by atoms with E-state index in [1.165, 1.54) is 25.0 Å². The first kappa shape index (κ1) is 25.1. The fourth-order valence-electron chi connectivity index (χ4n) is 4.90. The van der Waals surface area contributed by atoms with Gasteiger partial charge in [0.15, 0.2) is 5.76 Å². The highest BCUT2D eigenvalue weighted by atomic mass is 32.2. The maximum absolute atomic E-state index is 12.6. The number of aromatic nitrogens is 1. The van der Waals surface area contributed by atoms with Gasteiger partial charge in [-0.3, -0.25) is 14.3 Å². The van der Waals surface area contributed by atoms with Crippen molar-refractivity contribution < 1.29 is 22.2 Å². The fourth-order valence-corrected chi connectivity index (χ4v) is 5.38. The molecule has 2 N–H and O–H groups in total. The Kier molecular flexibility index (Phi) is 7.10. The summed E-state index contributed by atoms with van der Waals surface area (Å²) in [5, 5.41) is 4.23. The van der Waals surface area contributed by atoms with Gasteiger partial charge in [0.1, 0.15) is 5.76 Å². The molecule has 3 aliphatic heterocycles. The number of nitrogens with zero attached hydrogens (tertiary/aromatic N) is 2. The van der Waals surface area contributed by atoms with Crippen molar-refractivity contribution in [2.75, 3.05) is 19.6 Å². The Morgan fingerprint density at radius 3 is 2.46 bits per heavy atom. The Labute approximate surface area is 216 Å². The van der Waals surface area contributed by atoms with Crippen molar-refractivity contribution in [3.8, 4) is 11.3 Å². The molecular weight excluding hydrogens is 490 g/mol. The number of carbonyl (C=O) groups is 1. The van der Waals surface area contributed by atoms with E-state index in [0.29, 0.717) is 17.4 Å². The van der Waals surface area contributed by atoms with E-state index in [0.717, 1.165) is 41.7 Å². The van der Waals surface area contributed by atoms with E-state index >= 15 is 0 Å². The molecule has 0 saturated carbocycles. The van der Waals surface area contributed by atoms with E-state index in [9.17, 15) is 13.2 Å². The summed E-state index contributed by atoms with van der Waals surface area (Å²) in [6, 6.07) is 19.8. The molecule has 0 radical (unpaired) electrons. The lowest BCUT2D eigenvalue weighted by Gasteiger charge is -2.44. The van der Waals surface area contributed by atoms with E-state index in [2.05, 4.69) is 15.2 Å². The van der Waals surface area contributed by atoms with Crippen molar-refractivity contribution >= 4 is 26.9 Å². The standard InChI is InChI=1S/C21H21N3O2.C7H8O3S/c25-21(23-18-13-24-9-7-14(18)8-10-24)20-6-5-19(26-20)16-11-15-3-1-2-4-17(15)22-12-16;1-6-2-4-7(5-3-6)11(8,9)10/h1-6,11-12,14,18H,7-10,13H2,(H,23,25);2-5H,1H3,(H,8,9,10)/t18-;/m0./s1. The number of nitrogens with one attached hydrogen (secondary N) is 1. The zero-order valence-electron chi connectivity index (χ0n) is 20.5. The summed E-state index contributed by atoms with van der Waals surface area (Å²) in [5.74, 6) is 1.51. The third kappa shape index (κ3) is 5.90. The van der Waals surface area contributed by atoms with Crippen molar-refractivity contribution in [1.82, 2.24) is 15.2 Å². The predicted octanol–water partition coefficient (Wildman–Crippen LogP) is 4.56. The fraction of sp³-hybridized carbons (Fsp3) is 0.286. The number of carbonyl (C=O) groups excluding carboxylic acids is 1. The molecule has 3 fully saturated rings. The predicted molar refractivity (Wildman–Crippen MR) is 141 cm³/mol. The van der Waals surface area contributed by atoms with Crippen LogP contribution in [0.15, 0.2) is 82.2 Å². The van der Waals surface area contributed by atoms with Gasteiger partial charge in [0, 0.05) is 29.7 Å². The molecule has 9 heteroatoms. The third-order valence-electron chi connectivity index (χ3n) is 7.00. The molecule has 5 heterocycles. The minimum atomic E-state index is -4.02. The zero-order chi connectivity index (χ0) is 26.0. The van der Waals surface area contributed by atoms with Crippen molar-refractivity contribution in [2.45, 2.75) is 30.7 Å². The highest BCUT2D eigenvalue weighted by Gasteiger charge is 2.35. The lowest BCUT2D eigenvalue weighted by molar-refractivity contribution is 0.0606. The first-order valence-electron chi connectivity index (χ1n) is 12.3. The topological polar surface area (TPSA) is 113 Å². The average Bonchev–Trinajstić information content (AvgIpc) is 3.40. The summed E-state index contributed by atoms with van der Waals surface area (Å²) >= 11 is 0. The molecule has 7 rings (SSSR count). The maximum atomic E-state index is 12.6. The Morgan fingerprint density at radius 1 is 1.05 bits per heavy atom. The quantitative estimate of drug-likeness (QED) is 0.380. The number of fused-ring (bicyclic) bond motifs is 4. The molecule has 0 aliphatic carbocycles. The average molecular weight is 520 g/mol. The second kappa shape index (κ2) is 10.5. The summed E-state index contributed by atoms with van der Waals surface area (Å²) < 4.78 is 35.4. The molecule has 0 spiro atoms. The molecule has 2 aromatic carbocycles. The molecule has 1 amide bonds. The molecule has 4 aromatic rings. The normalized spacial score (nSPS) is 20.8. The van der Waals surface area contributed by atoms with Gasteiger partial charge in [0.05, 0.1) is 10.4 Å². The van der Waals surface area contributed by atoms with Gasteiger partial charge in [-0.15, -0.1) is 0 Å². The number of piperidine rings is 3. The monoisotopic (exact) mass is 519 g/mol. The van der Waals surface area contributed by atoms with Gasteiger partial charge in [0.2, 0.25) is 0 Å². The van der Waals surface area contributed by atoms with Crippen LogP contribution in [0.5, 0.6) is 0 Å². The van der Waals surface area contributed by atoms with Gasteiger partial charge in [-0.25, -0.2) is 0 Å². The maximum Gasteiger partial charge on any atom is 0.294 e. The summed E-state index contributed by atoms with van der Waals surface area (Å²) in [5.41, 5.74) is 2.78. The second-order valence-corrected chi connectivity index (χ2v) is 11.0. The Morgan fingerprint density at radius 2 is 1.78 bits per heavy atom. The number of pyridine rings is 1. The minimum Gasteiger partial charge on any atom is -0.451 e. The van der Waals surface area contributed by atoms with Gasteiger partial charge < -0.3 is 14.6 Å².